The molecule has 3 nitrogen and oxygen atoms in total. The zero-order valence-electron chi connectivity index (χ0n) is 11.4. The highest BCUT2D eigenvalue weighted by atomic mass is 35.5. The molecule has 0 unspecified atom stereocenters. The second kappa shape index (κ2) is 7.46. The molecule has 0 spiro atoms. The van der Waals surface area contributed by atoms with Gasteiger partial charge in [0.1, 0.15) is 12.4 Å². The first-order valence-corrected chi connectivity index (χ1v) is 7.04. The summed E-state index contributed by atoms with van der Waals surface area (Å²) in [4.78, 5) is 12.0. The molecule has 0 saturated carbocycles. The lowest BCUT2D eigenvalue weighted by Crippen LogP contribution is -2.09. The van der Waals surface area contributed by atoms with Gasteiger partial charge in [0.2, 0.25) is 0 Å². The molecule has 0 aliphatic carbocycles. The Balaban J connectivity index is 1.92. The third-order valence-electron chi connectivity index (χ3n) is 2.87. The van der Waals surface area contributed by atoms with Crippen molar-refractivity contribution < 1.29 is 14.3 Å². The van der Waals surface area contributed by atoms with Gasteiger partial charge in [0.05, 0.1) is 18.7 Å². The third-order valence-corrected chi connectivity index (χ3v) is 3.42. The van der Waals surface area contributed by atoms with Gasteiger partial charge in [-0.3, -0.25) is 4.79 Å². The Bertz CT molecular complexity index is 641. The Morgan fingerprint density at radius 1 is 1.14 bits per heavy atom. The minimum atomic E-state index is -0.181. The van der Waals surface area contributed by atoms with E-state index in [9.17, 15) is 4.79 Å². The van der Waals surface area contributed by atoms with E-state index in [0.29, 0.717) is 22.2 Å². The van der Waals surface area contributed by atoms with E-state index in [1.165, 1.54) is 0 Å². The monoisotopic (exact) mass is 324 g/mol. The summed E-state index contributed by atoms with van der Waals surface area (Å²) >= 11 is 11.8. The van der Waals surface area contributed by atoms with E-state index in [2.05, 4.69) is 0 Å². The number of rotatable bonds is 6. The van der Waals surface area contributed by atoms with Crippen LogP contribution >= 0.6 is 23.2 Å². The molecular weight excluding hydrogens is 311 g/mol. The van der Waals surface area contributed by atoms with Gasteiger partial charge in [0.25, 0.3) is 0 Å². The number of hydrogen-bond acceptors (Lipinski definition) is 3. The molecule has 0 fully saturated rings. The van der Waals surface area contributed by atoms with Crippen LogP contribution in [0.25, 0.3) is 0 Å². The van der Waals surface area contributed by atoms with Gasteiger partial charge >= 0.3 is 0 Å². The van der Waals surface area contributed by atoms with E-state index in [1.807, 2.05) is 24.3 Å². The Morgan fingerprint density at radius 3 is 2.67 bits per heavy atom. The minimum absolute atomic E-state index is 0.0431. The van der Waals surface area contributed by atoms with Gasteiger partial charge in [-0.1, -0.05) is 35.3 Å². The molecule has 2 rings (SSSR count). The first-order chi connectivity index (χ1) is 10.1. The lowest BCUT2D eigenvalue weighted by Gasteiger charge is -2.07. The molecule has 5 heteroatoms. The van der Waals surface area contributed by atoms with Crippen LogP contribution in [-0.4, -0.2) is 19.5 Å². The standard InChI is InChI=1S/C16H14Cl2O3/c1-20-13-4-2-3-11(7-13)9-21-10-16(19)14-6-5-12(17)8-15(14)18/h2-8H,9-10H2,1H3. The molecule has 110 valence electrons. The van der Waals surface area contributed by atoms with E-state index < -0.39 is 0 Å². The lowest BCUT2D eigenvalue weighted by atomic mass is 10.1. The van der Waals surface area contributed by atoms with Crippen LogP contribution in [0.3, 0.4) is 0 Å². The van der Waals surface area contributed by atoms with Crippen LogP contribution in [0.4, 0.5) is 0 Å². The summed E-state index contributed by atoms with van der Waals surface area (Å²) in [6, 6.07) is 12.3. The van der Waals surface area contributed by atoms with Crippen LogP contribution in [0.5, 0.6) is 5.75 Å². The van der Waals surface area contributed by atoms with Crippen molar-refractivity contribution in [3.05, 3.63) is 63.6 Å². The lowest BCUT2D eigenvalue weighted by molar-refractivity contribution is 0.0726. The van der Waals surface area contributed by atoms with Crippen LogP contribution in [0, 0.1) is 0 Å². The summed E-state index contributed by atoms with van der Waals surface area (Å²) in [6.45, 7) is 0.284. The Morgan fingerprint density at radius 2 is 1.95 bits per heavy atom. The Labute approximate surface area is 133 Å². The van der Waals surface area contributed by atoms with Crippen LogP contribution in [0.1, 0.15) is 15.9 Å². The number of hydrogen-bond donors (Lipinski definition) is 0. The van der Waals surface area contributed by atoms with E-state index in [-0.39, 0.29) is 12.4 Å². The summed E-state index contributed by atoms with van der Waals surface area (Å²) in [6.07, 6.45) is 0. The second-order valence-corrected chi connectivity index (χ2v) is 5.24. The fourth-order valence-corrected chi connectivity index (χ4v) is 2.33. The number of ether oxygens (including phenoxy) is 2. The van der Waals surface area contributed by atoms with Crippen LogP contribution in [0.15, 0.2) is 42.5 Å². The predicted octanol–water partition coefficient (Wildman–Crippen LogP) is 4.40. The number of ketones is 1. The average Bonchev–Trinajstić information content (AvgIpc) is 2.47. The molecule has 0 bridgehead atoms. The molecular formula is C16H14Cl2O3. The Kier molecular flexibility index (Phi) is 5.62. The molecule has 0 N–H and O–H groups in total. The zero-order chi connectivity index (χ0) is 15.2. The third kappa shape index (κ3) is 4.46. The minimum Gasteiger partial charge on any atom is -0.497 e. The maximum Gasteiger partial charge on any atom is 0.189 e. The summed E-state index contributed by atoms with van der Waals surface area (Å²) in [5, 5.41) is 0.825. The smallest absolute Gasteiger partial charge is 0.189 e. The molecule has 0 saturated heterocycles. The van der Waals surface area contributed by atoms with Crippen molar-refractivity contribution in [2.45, 2.75) is 6.61 Å². The summed E-state index contributed by atoms with van der Waals surface area (Å²) in [7, 11) is 1.60. The molecule has 0 atom stereocenters. The van der Waals surface area contributed by atoms with Gasteiger partial charge < -0.3 is 9.47 Å². The van der Waals surface area contributed by atoms with Crippen LogP contribution in [0.2, 0.25) is 10.0 Å². The molecule has 2 aromatic rings. The summed E-state index contributed by atoms with van der Waals surface area (Å²) in [5.41, 5.74) is 1.34. The number of carbonyl (C=O) groups is 1. The van der Waals surface area contributed by atoms with Crippen LogP contribution in [-0.2, 0) is 11.3 Å². The number of benzene rings is 2. The van der Waals surface area contributed by atoms with Crippen molar-refractivity contribution in [3.8, 4) is 5.75 Å². The van der Waals surface area contributed by atoms with Crippen molar-refractivity contribution in [1.82, 2.24) is 0 Å². The van der Waals surface area contributed by atoms with Gasteiger partial charge in [-0.15, -0.1) is 0 Å². The van der Waals surface area contributed by atoms with Gasteiger partial charge in [0.15, 0.2) is 5.78 Å². The molecule has 2 aromatic carbocycles. The zero-order valence-corrected chi connectivity index (χ0v) is 12.9. The highest BCUT2D eigenvalue weighted by molar-refractivity contribution is 6.36. The van der Waals surface area contributed by atoms with Crippen molar-refractivity contribution in [2.75, 3.05) is 13.7 Å². The van der Waals surface area contributed by atoms with Gasteiger partial charge in [-0.05, 0) is 35.9 Å². The normalized spacial score (nSPS) is 10.4. The van der Waals surface area contributed by atoms with Crippen molar-refractivity contribution in [1.29, 1.82) is 0 Å². The summed E-state index contributed by atoms with van der Waals surface area (Å²) < 4.78 is 10.5. The fourth-order valence-electron chi connectivity index (χ4n) is 1.82. The van der Waals surface area contributed by atoms with E-state index in [4.69, 9.17) is 32.7 Å². The molecule has 0 aliphatic heterocycles. The topological polar surface area (TPSA) is 35.5 Å². The van der Waals surface area contributed by atoms with Gasteiger partial charge in [-0.2, -0.15) is 0 Å². The Hall–Kier alpha value is -1.55. The predicted molar refractivity (Wildman–Crippen MR) is 83.4 cm³/mol. The van der Waals surface area contributed by atoms with Crippen molar-refractivity contribution in [3.63, 3.8) is 0 Å². The number of halogens is 2. The number of carbonyl (C=O) groups excluding carboxylic acids is 1. The van der Waals surface area contributed by atoms with Gasteiger partial charge in [0, 0.05) is 10.6 Å². The van der Waals surface area contributed by atoms with Gasteiger partial charge in [-0.25, -0.2) is 0 Å². The van der Waals surface area contributed by atoms with Crippen LogP contribution < -0.4 is 4.74 Å². The van der Waals surface area contributed by atoms with E-state index in [1.54, 1.807) is 25.3 Å². The van der Waals surface area contributed by atoms with E-state index >= 15 is 0 Å². The molecule has 0 radical (unpaired) electrons. The van der Waals surface area contributed by atoms with Crippen molar-refractivity contribution >= 4 is 29.0 Å². The molecule has 0 amide bonds. The quantitative estimate of drug-likeness (QED) is 0.739. The average molecular weight is 325 g/mol. The second-order valence-electron chi connectivity index (χ2n) is 4.39. The molecule has 0 aromatic heterocycles. The maximum absolute atomic E-state index is 12.0. The highest BCUT2D eigenvalue weighted by Crippen LogP contribution is 2.21. The molecule has 0 heterocycles. The fraction of sp³-hybridized carbons (Fsp3) is 0.188. The van der Waals surface area contributed by atoms with E-state index in [0.717, 1.165) is 11.3 Å². The SMILES string of the molecule is COc1cccc(COCC(=O)c2ccc(Cl)cc2Cl)c1. The first kappa shape index (κ1) is 15.8. The highest BCUT2D eigenvalue weighted by Gasteiger charge is 2.11. The largest absolute Gasteiger partial charge is 0.497 e. The van der Waals surface area contributed by atoms with Crippen molar-refractivity contribution in [2.24, 2.45) is 0 Å². The maximum atomic E-state index is 12.0. The molecule has 0 aliphatic rings. The summed E-state index contributed by atoms with van der Waals surface area (Å²) in [5.74, 6) is 0.572. The number of Topliss-reactive ketones (excluding diaryl/α,β-unsaturated/α-hetero) is 1. The molecule has 21 heavy (non-hydrogen) atoms. The first-order valence-electron chi connectivity index (χ1n) is 6.29. The number of methoxy groups -OCH3 is 1.